The minimum Gasteiger partial charge on any atom is -0.308 e. The Hall–Kier alpha value is -0.900. The summed E-state index contributed by atoms with van der Waals surface area (Å²) in [6.07, 6.45) is 4.16. The molecule has 0 saturated carbocycles. The number of nitrogens with zero attached hydrogens (tertiary/aromatic N) is 3. The van der Waals surface area contributed by atoms with Gasteiger partial charge in [0.25, 0.3) is 0 Å². The molecule has 0 radical (unpaired) electrons. The molecule has 0 fully saturated rings. The molecule has 0 aliphatic rings. The smallest absolute Gasteiger partial charge is 0.0759 e. The van der Waals surface area contributed by atoms with E-state index in [9.17, 15) is 0 Å². The van der Waals surface area contributed by atoms with E-state index in [0.29, 0.717) is 17.9 Å². The van der Waals surface area contributed by atoms with Crippen molar-refractivity contribution in [3.8, 4) is 0 Å². The Kier molecular flexibility index (Phi) is 6.33. The highest BCUT2D eigenvalue weighted by molar-refractivity contribution is 5.04. The van der Waals surface area contributed by atoms with E-state index < -0.39 is 0 Å². The zero-order chi connectivity index (χ0) is 13.5. The monoisotopic (exact) mass is 252 g/mol. The van der Waals surface area contributed by atoms with E-state index in [1.807, 2.05) is 10.9 Å². The molecule has 2 unspecified atom stereocenters. The van der Waals surface area contributed by atoms with Crippen molar-refractivity contribution in [3.05, 3.63) is 11.9 Å². The predicted octanol–water partition coefficient (Wildman–Crippen LogP) is 3.02. The molecule has 0 aromatic carbocycles. The van der Waals surface area contributed by atoms with Crippen molar-refractivity contribution in [2.45, 2.75) is 60.0 Å². The van der Waals surface area contributed by atoms with Gasteiger partial charge >= 0.3 is 0 Å². The summed E-state index contributed by atoms with van der Waals surface area (Å²) < 4.78 is 2.05. The van der Waals surface area contributed by atoms with Crippen LogP contribution in [0.5, 0.6) is 0 Å². The SMILES string of the molecule is CCCNC(c1cnnn1CCC)C(C)C(C)C. The molecule has 0 aliphatic carbocycles. The molecule has 0 saturated heterocycles. The molecule has 4 heteroatoms. The Labute approximate surface area is 111 Å². The van der Waals surface area contributed by atoms with Gasteiger partial charge in [-0.3, -0.25) is 0 Å². The van der Waals surface area contributed by atoms with E-state index in [1.165, 1.54) is 5.69 Å². The first-order valence-corrected chi connectivity index (χ1v) is 7.23. The first kappa shape index (κ1) is 15.2. The maximum Gasteiger partial charge on any atom is 0.0759 e. The van der Waals surface area contributed by atoms with Gasteiger partial charge in [0, 0.05) is 6.54 Å². The van der Waals surface area contributed by atoms with Gasteiger partial charge in [0.15, 0.2) is 0 Å². The normalized spacial score (nSPS) is 15.0. The van der Waals surface area contributed by atoms with E-state index >= 15 is 0 Å². The third kappa shape index (κ3) is 3.80. The zero-order valence-electron chi connectivity index (χ0n) is 12.5. The molecule has 18 heavy (non-hydrogen) atoms. The third-order valence-corrected chi connectivity index (χ3v) is 3.59. The summed E-state index contributed by atoms with van der Waals surface area (Å²) in [5.74, 6) is 1.22. The number of hydrogen-bond donors (Lipinski definition) is 1. The van der Waals surface area contributed by atoms with Gasteiger partial charge in [-0.05, 0) is 31.2 Å². The summed E-state index contributed by atoms with van der Waals surface area (Å²) >= 11 is 0. The highest BCUT2D eigenvalue weighted by Crippen LogP contribution is 2.27. The summed E-state index contributed by atoms with van der Waals surface area (Å²) in [7, 11) is 0. The summed E-state index contributed by atoms with van der Waals surface area (Å²) in [6.45, 7) is 13.2. The maximum absolute atomic E-state index is 4.20. The fourth-order valence-corrected chi connectivity index (χ4v) is 2.14. The average molecular weight is 252 g/mol. The van der Waals surface area contributed by atoms with E-state index in [4.69, 9.17) is 0 Å². The van der Waals surface area contributed by atoms with Crippen LogP contribution in [0.3, 0.4) is 0 Å². The molecular formula is C14H28N4. The second-order valence-corrected chi connectivity index (χ2v) is 5.42. The van der Waals surface area contributed by atoms with Gasteiger partial charge in [-0.15, -0.1) is 5.10 Å². The molecule has 1 N–H and O–H groups in total. The van der Waals surface area contributed by atoms with Crippen molar-refractivity contribution in [2.75, 3.05) is 6.54 Å². The second kappa shape index (κ2) is 7.52. The lowest BCUT2D eigenvalue weighted by atomic mass is 9.88. The third-order valence-electron chi connectivity index (χ3n) is 3.59. The molecule has 1 aromatic heterocycles. The number of aromatic nitrogens is 3. The molecule has 2 atom stereocenters. The lowest BCUT2D eigenvalue weighted by molar-refractivity contribution is 0.289. The van der Waals surface area contributed by atoms with Crippen molar-refractivity contribution < 1.29 is 0 Å². The Bertz CT molecular complexity index is 332. The zero-order valence-corrected chi connectivity index (χ0v) is 12.5. The minimum absolute atomic E-state index is 0.353. The van der Waals surface area contributed by atoms with Gasteiger partial charge in [0.1, 0.15) is 0 Å². The molecular weight excluding hydrogens is 224 g/mol. The molecule has 0 aliphatic heterocycles. The van der Waals surface area contributed by atoms with Crippen LogP contribution in [0.15, 0.2) is 6.20 Å². The Morgan fingerprint density at radius 3 is 2.50 bits per heavy atom. The summed E-state index contributed by atoms with van der Waals surface area (Å²) in [5, 5.41) is 11.9. The summed E-state index contributed by atoms with van der Waals surface area (Å²) in [6, 6.07) is 0.353. The van der Waals surface area contributed by atoms with Crippen molar-refractivity contribution in [1.82, 2.24) is 20.3 Å². The average Bonchev–Trinajstić information content (AvgIpc) is 2.78. The molecule has 104 valence electrons. The highest BCUT2D eigenvalue weighted by atomic mass is 15.4. The Morgan fingerprint density at radius 2 is 1.94 bits per heavy atom. The van der Waals surface area contributed by atoms with Crippen molar-refractivity contribution >= 4 is 0 Å². The lowest BCUT2D eigenvalue weighted by Crippen LogP contribution is -2.32. The fourth-order valence-electron chi connectivity index (χ4n) is 2.14. The minimum atomic E-state index is 0.353. The first-order valence-electron chi connectivity index (χ1n) is 7.23. The van der Waals surface area contributed by atoms with Gasteiger partial charge in [0.05, 0.1) is 17.9 Å². The summed E-state index contributed by atoms with van der Waals surface area (Å²) in [5.41, 5.74) is 1.23. The molecule has 1 aromatic rings. The number of hydrogen-bond acceptors (Lipinski definition) is 3. The highest BCUT2D eigenvalue weighted by Gasteiger charge is 2.24. The second-order valence-electron chi connectivity index (χ2n) is 5.42. The fraction of sp³-hybridized carbons (Fsp3) is 0.857. The van der Waals surface area contributed by atoms with Gasteiger partial charge < -0.3 is 5.32 Å². The van der Waals surface area contributed by atoms with Crippen molar-refractivity contribution in [1.29, 1.82) is 0 Å². The molecule has 1 heterocycles. The van der Waals surface area contributed by atoms with Crippen LogP contribution in [-0.4, -0.2) is 21.5 Å². The van der Waals surface area contributed by atoms with E-state index in [0.717, 1.165) is 25.9 Å². The first-order chi connectivity index (χ1) is 8.61. The quantitative estimate of drug-likeness (QED) is 0.773. The van der Waals surface area contributed by atoms with E-state index in [1.54, 1.807) is 0 Å². The van der Waals surface area contributed by atoms with Crippen molar-refractivity contribution in [3.63, 3.8) is 0 Å². The van der Waals surface area contributed by atoms with E-state index in [2.05, 4.69) is 50.2 Å². The number of aryl methyl sites for hydroxylation is 1. The van der Waals surface area contributed by atoms with Gasteiger partial charge in [-0.25, -0.2) is 4.68 Å². The Balaban J connectivity index is 2.89. The van der Waals surface area contributed by atoms with Gasteiger partial charge in [0.2, 0.25) is 0 Å². The Morgan fingerprint density at radius 1 is 1.22 bits per heavy atom. The topological polar surface area (TPSA) is 42.7 Å². The largest absolute Gasteiger partial charge is 0.308 e. The van der Waals surface area contributed by atoms with Crippen LogP contribution in [0.4, 0.5) is 0 Å². The van der Waals surface area contributed by atoms with Crippen LogP contribution in [0.2, 0.25) is 0 Å². The van der Waals surface area contributed by atoms with Gasteiger partial charge in [-0.1, -0.05) is 39.8 Å². The van der Waals surface area contributed by atoms with Crippen LogP contribution in [0, 0.1) is 11.8 Å². The summed E-state index contributed by atoms with van der Waals surface area (Å²) in [4.78, 5) is 0. The van der Waals surface area contributed by atoms with Crippen LogP contribution in [0.1, 0.15) is 59.2 Å². The van der Waals surface area contributed by atoms with Crippen LogP contribution in [0.25, 0.3) is 0 Å². The van der Waals surface area contributed by atoms with Crippen LogP contribution < -0.4 is 5.32 Å². The predicted molar refractivity (Wildman–Crippen MR) is 75.3 cm³/mol. The van der Waals surface area contributed by atoms with E-state index in [-0.39, 0.29) is 0 Å². The molecule has 4 nitrogen and oxygen atoms in total. The molecule has 1 rings (SSSR count). The maximum atomic E-state index is 4.20. The molecule has 0 spiro atoms. The number of rotatable bonds is 8. The van der Waals surface area contributed by atoms with Crippen molar-refractivity contribution in [2.24, 2.45) is 11.8 Å². The van der Waals surface area contributed by atoms with Gasteiger partial charge in [-0.2, -0.15) is 0 Å². The van der Waals surface area contributed by atoms with Crippen LogP contribution >= 0.6 is 0 Å². The lowest BCUT2D eigenvalue weighted by Gasteiger charge is -2.28. The molecule has 0 amide bonds. The van der Waals surface area contributed by atoms with Crippen LogP contribution in [-0.2, 0) is 6.54 Å². The number of nitrogens with one attached hydrogen (secondary N) is 1. The standard InChI is InChI=1S/C14H28N4/c1-6-8-15-14(12(5)11(3)4)13-10-16-17-18(13)9-7-2/h10-12,14-15H,6-9H2,1-5H3. The molecule has 0 bridgehead atoms.